The lowest BCUT2D eigenvalue weighted by molar-refractivity contribution is 0.0379. The Kier molecular flexibility index (Phi) is 6.07. The summed E-state index contributed by atoms with van der Waals surface area (Å²) in [6.45, 7) is 15.4. The van der Waals surface area contributed by atoms with Crippen LogP contribution >= 0.6 is 0 Å². The van der Waals surface area contributed by atoms with Crippen LogP contribution in [0, 0.1) is 6.92 Å². The van der Waals surface area contributed by atoms with Crippen molar-refractivity contribution in [1.82, 2.24) is 14.8 Å². The van der Waals surface area contributed by atoms with E-state index in [2.05, 4.69) is 28.6 Å². The Balaban J connectivity index is 1.91. The van der Waals surface area contributed by atoms with E-state index in [1.807, 2.05) is 32.9 Å². The molecule has 27 heavy (non-hydrogen) atoms. The lowest BCUT2D eigenvalue weighted by atomic mass is 10.0. The van der Waals surface area contributed by atoms with Gasteiger partial charge >= 0.3 is 5.97 Å². The molecule has 6 nitrogen and oxygen atoms in total. The van der Waals surface area contributed by atoms with Gasteiger partial charge in [0.1, 0.15) is 12.5 Å². The minimum atomic E-state index is -0.276. The highest BCUT2D eigenvalue weighted by Crippen LogP contribution is 2.35. The standard InChI is InChI=1S/C21H31N3O3/c1-6-23(7-2)10-11-24-12-16-18(26-13-24)9-8-17-20(16)19(15(5)22-17)21(25)27-14(3)4/h8-9,14,22H,6-7,10-13H2,1-5H3. The predicted molar refractivity (Wildman–Crippen MR) is 107 cm³/mol. The largest absolute Gasteiger partial charge is 0.478 e. The lowest BCUT2D eigenvalue weighted by Crippen LogP contribution is -2.38. The van der Waals surface area contributed by atoms with E-state index < -0.39 is 0 Å². The fraction of sp³-hybridized carbons (Fsp3) is 0.571. The molecule has 2 heterocycles. The minimum Gasteiger partial charge on any atom is -0.478 e. The Morgan fingerprint density at radius 3 is 2.74 bits per heavy atom. The lowest BCUT2D eigenvalue weighted by Gasteiger charge is -2.31. The number of esters is 1. The molecule has 1 aliphatic heterocycles. The number of benzene rings is 1. The molecule has 2 aromatic rings. The second-order valence-electron chi connectivity index (χ2n) is 7.40. The van der Waals surface area contributed by atoms with Gasteiger partial charge in [-0.1, -0.05) is 13.8 Å². The Bertz CT molecular complexity index is 809. The number of rotatable bonds is 7. The number of aromatic nitrogens is 1. The molecular formula is C21H31N3O3. The fourth-order valence-corrected chi connectivity index (χ4v) is 3.69. The number of hydrogen-bond acceptors (Lipinski definition) is 5. The van der Waals surface area contributed by atoms with Crippen LogP contribution in [0.2, 0.25) is 0 Å². The minimum absolute atomic E-state index is 0.150. The number of likely N-dealkylation sites (N-methyl/N-ethyl adjacent to an activating group) is 1. The van der Waals surface area contributed by atoms with Crippen molar-refractivity contribution in [3.05, 3.63) is 29.0 Å². The summed E-state index contributed by atoms with van der Waals surface area (Å²) in [4.78, 5) is 20.7. The highest BCUT2D eigenvalue weighted by molar-refractivity contribution is 6.07. The van der Waals surface area contributed by atoms with Gasteiger partial charge in [-0.3, -0.25) is 4.90 Å². The van der Waals surface area contributed by atoms with Gasteiger partial charge in [0.2, 0.25) is 0 Å². The van der Waals surface area contributed by atoms with Crippen LogP contribution < -0.4 is 4.74 Å². The first-order valence-corrected chi connectivity index (χ1v) is 9.87. The van der Waals surface area contributed by atoms with Crippen molar-refractivity contribution in [2.45, 2.75) is 47.3 Å². The Morgan fingerprint density at radius 2 is 2.07 bits per heavy atom. The van der Waals surface area contributed by atoms with Crippen LogP contribution in [-0.2, 0) is 11.3 Å². The third kappa shape index (κ3) is 4.12. The summed E-state index contributed by atoms with van der Waals surface area (Å²) in [7, 11) is 0. The summed E-state index contributed by atoms with van der Waals surface area (Å²) in [5, 5.41) is 0.934. The highest BCUT2D eigenvalue weighted by Gasteiger charge is 2.26. The summed E-state index contributed by atoms with van der Waals surface area (Å²) in [6.07, 6.45) is -0.150. The van der Waals surface area contributed by atoms with Crippen molar-refractivity contribution in [2.75, 3.05) is 32.9 Å². The summed E-state index contributed by atoms with van der Waals surface area (Å²) >= 11 is 0. The molecule has 1 N–H and O–H groups in total. The average molecular weight is 373 g/mol. The maximum atomic E-state index is 12.7. The number of nitrogens with zero attached hydrogens (tertiary/aromatic N) is 2. The maximum Gasteiger partial charge on any atom is 0.340 e. The molecule has 3 rings (SSSR count). The molecule has 6 heteroatoms. The number of ether oxygens (including phenoxy) is 2. The zero-order valence-corrected chi connectivity index (χ0v) is 17.1. The van der Waals surface area contributed by atoms with Gasteiger partial charge < -0.3 is 19.4 Å². The SMILES string of the molecule is CCN(CC)CCN1COc2ccc3[nH]c(C)c(C(=O)OC(C)C)c3c2C1. The molecule has 0 atom stereocenters. The summed E-state index contributed by atoms with van der Waals surface area (Å²) < 4.78 is 11.5. The summed E-state index contributed by atoms with van der Waals surface area (Å²) in [5.74, 6) is 0.585. The molecule has 1 aromatic heterocycles. The first-order chi connectivity index (χ1) is 12.9. The molecule has 1 aromatic carbocycles. The number of H-pyrrole nitrogens is 1. The zero-order valence-electron chi connectivity index (χ0n) is 17.1. The van der Waals surface area contributed by atoms with Crippen LogP contribution in [-0.4, -0.2) is 59.8 Å². The number of carbonyl (C=O) groups is 1. The van der Waals surface area contributed by atoms with Crippen molar-refractivity contribution in [1.29, 1.82) is 0 Å². The Morgan fingerprint density at radius 1 is 1.33 bits per heavy atom. The molecule has 0 spiro atoms. The van der Waals surface area contributed by atoms with Gasteiger partial charge in [0.05, 0.1) is 11.7 Å². The van der Waals surface area contributed by atoms with E-state index in [0.717, 1.165) is 60.6 Å². The molecule has 1 aliphatic rings. The molecule has 0 radical (unpaired) electrons. The monoisotopic (exact) mass is 373 g/mol. The maximum absolute atomic E-state index is 12.7. The summed E-state index contributed by atoms with van der Waals surface area (Å²) in [5.41, 5.74) is 3.49. The van der Waals surface area contributed by atoms with Gasteiger partial charge in [0.15, 0.2) is 0 Å². The Labute approximate surface area is 161 Å². The van der Waals surface area contributed by atoms with E-state index in [1.54, 1.807) is 0 Å². The molecular weight excluding hydrogens is 342 g/mol. The van der Waals surface area contributed by atoms with Crippen LogP contribution in [0.3, 0.4) is 0 Å². The van der Waals surface area contributed by atoms with Crippen LogP contribution in [0.4, 0.5) is 0 Å². The molecule has 0 saturated carbocycles. The van der Waals surface area contributed by atoms with Crippen LogP contribution in [0.1, 0.15) is 49.3 Å². The summed E-state index contributed by atoms with van der Waals surface area (Å²) in [6, 6.07) is 3.98. The first-order valence-electron chi connectivity index (χ1n) is 9.87. The third-order valence-corrected chi connectivity index (χ3v) is 5.18. The number of hydrogen-bond donors (Lipinski definition) is 1. The first kappa shape index (κ1) is 19.7. The predicted octanol–water partition coefficient (Wildman–Crippen LogP) is 3.54. The second-order valence-corrected chi connectivity index (χ2v) is 7.40. The van der Waals surface area contributed by atoms with Gasteiger partial charge in [-0.15, -0.1) is 0 Å². The van der Waals surface area contributed by atoms with Gasteiger partial charge in [0.25, 0.3) is 0 Å². The molecule has 0 amide bonds. The van der Waals surface area contributed by atoms with Gasteiger partial charge in [-0.25, -0.2) is 4.79 Å². The smallest absolute Gasteiger partial charge is 0.340 e. The zero-order chi connectivity index (χ0) is 19.6. The molecule has 0 bridgehead atoms. The van der Waals surface area contributed by atoms with Gasteiger partial charge in [-0.2, -0.15) is 0 Å². The van der Waals surface area contributed by atoms with Gasteiger partial charge in [-0.05, 0) is 46.0 Å². The van der Waals surface area contributed by atoms with Crippen molar-refractivity contribution in [3.8, 4) is 5.75 Å². The topological polar surface area (TPSA) is 57.8 Å². The van der Waals surface area contributed by atoms with Crippen molar-refractivity contribution in [3.63, 3.8) is 0 Å². The van der Waals surface area contributed by atoms with E-state index >= 15 is 0 Å². The molecule has 0 fully saturated rings. The van der Waals surface area contributed by atoms with E-state index in [0.29, 0.717) is 12.3 Å². The molecule has 0 saturated heterocycles. The highest BCUT2D eigenvalue weighted by atomic mass is 16.5. The molecule has 148 valence electrons. The van der Waals surface area contributed by atoms with Crippen LogP contribution in [0.25, 0.3) is 10.9 Å². The number of nitrogens with one attached hydrogen (secondary N) is 1. The van der Waals surface area contributed by atoms with E-state index in [9.17, 15) is 4.79 Å². The number of carbonyl (C=O) groups excluding carboxylic acids is 1. The van der Waals surface area contributed by atoms with Gasteiger partial charge in [0, 0.05) is 41.8 Å². The second kappa shape index (κ2) is 8.31. The van der Waals surface area contributed by atoms with Crippen molar-refractivity contribution < 1.29 is 14.3 Å². The Hall–Kier alpha value is -2.05. The number of fused-ring (bicyclic) bond motifs is 3. The van der Waals surface area contributed by atoms with Crippen molar-refractivity contribution >= 4 is 16.9 Å². The number of aromatic amines is 1. The van der Waals surface area contributed by atoms with E-state index in [-0.39, 0.29) is 12.1 Å². The molecule has 0 unspecified atom stereocenters. The third-order valence-electron chi connectivity index (χ3n) is 5.18. The van der Waals surface area contributed by atoms with E-state index in [4.69, 9.17) is 9.47 Å². The van der Waals surface area contributed by atoms with E-state index in [1.165, 1.54) is 0 Å². The fourth-order valence-electron chi connectivity index (χ4n) is 3.69. The van der Waals surface area contributed by atoms with Crippen molar-refractivity contribution in [2.24, 2.45) is 0 Å². The quantitative estimate of drug-likeness (QED) is 0.753. The molecule has 0 aliphatic carbocycles. The number of aryl methyl sites for hydroxylation is 1. The average Bonchev–Trinajstić information content (AvgIpc) is 2.98. The normalized spacial score (nSPS) is 14.6. The van der Waals surface area contributed by atoms with Crippen LogP contribution in [0.15, 0.2) is 12.1 Å². The van der Waals surface area contributed by atoms with Crippen LogP contribution in [0.5, 0.6) is 5.75 Å².